The first-order chi connectivity index (χ1) is 7.92. The fourth-order valence-electron chi connectivity index (χ4n) is 1.31. The smallest absolute Gasteiger partial charge is 0.292 e. The number of alkyl halides is 3. The van der Waals surface area contributed by atoms with Crippen molar-refractivity contribution < 1.29 is 18.0 Å². The molecule has 0 fully saturated rings. The number of rotatable bonds is 5. The van der Waals surface area contributed by atoms with E-state index in [9.17, 15) is 13.2 Å². The van der Waals surface area contributed by atoms with E-state index in [-0.39, 0.29) is 6.04 Å². The van der Waals surface area contributed by atoms with Gasteiger partial charge in [-0.1, -0.05) is 30.7 Å². The van der Waals surface area contributed by atoms with Crippen LogP contribution in [-0.2, 0) is 4.84 Å². The van der Waals surface area contributed by atoms with Crippen molar-refractivity contribution in [3.8, 4) is 0 Å². The van der Waals surface area contributed by atoms with Crippen LogP contribution in [0.5, 0.6) is 0 Å². The highest BCUT2D eigenvalue weighted by Gasteiger charge is 2.28. The molecule has 0 aliphatic heterocycles. The van der Waals surface area contributed by atoms with Crippen LogP contribution in [-0.4, -0.2) is 12.8 Å². The summed E-state index contributed by atoms with van der Waals surface area (Å²) in [7, 11) is 0. The van der Waals surface area contributed by atoms with Crippen LogP contribution in [0, 0.1) is 0 Å². The first-order valence-electron chi connectivity index (χ1n) is 5.12. The van der Waals surface area contributed by atoms with Crippen molar-refractivity contribution in [2.75, 3.05) is 6.61 Å². The Balaban J connectivity index is 2.51. The van der Waals surface area contributed by atoms with E-state index < -0.39 is 12.8 Å². The predicted octanol–water partition coefficient (Wildman–Crippen LogP) is 3.87. The molecule has 1 rings (SSSR count). The molecule has 0 saturated carbocycles. The van der Waals surface area contributed by atoms with Crippen LogP contribution in [0.3, 0.4) is 0 Å². The molecule has 2 nitrogen and oxygen atoms in total. The number of benzene rings is 1. The van der Waals surface area contributed by atoms with Gasteiger partial charge in [-0.25, -0.2) is 0 Å². The number of hydroxylamine groups is 1. The Kier molecular flexibility index (Phi) is 5.24. The summed E-state index contributed by atoms with van der Waals surface area (Å²) in [5.74, 6) is 0. The van der Waals surface area contributed by atoms with Crippen molar-refractivity contribution >= 4 is 11.6 Å². The third-order valence-electron chi connectivity index (χ3n) is 2.14. The molecule has 96 valence electrons. The van der Waals surface area contributed by atoms with Gasteiger partial charge in [0.05, 0.1) is 6.04 Å². The molecule has 1 aromatic carbocycles. The van der Waals surface area contributed by atoms with Gasteiger partial charge < -0.3 is 0 Å². The van der Waals surface area contributed by atoms with Gasteiger partial charge in [-0.2, -0.15) is 18.7 Å². The van der Waals surface area contributed by atoms with Crippen LogP contribution in [0.25, 0.3) is 0 Å². The molecule has 6 heteroatoms. The molecular weight excluding hydrogens is 255 g/mol. The van der Waals surface area contributed by atoms with Crippen molar-refractivity contribution in [3.05, 3.63) is 34.9 Å². The highest BCUT2D eigenvalue weighted by atomic mass is 35.5. The molecule has 0 aliphatic carbocycles. The summed E-state index contributed by atoms with van der Waals surface area (Å²) in [4.78, 5) is 4.43. The van der Waals surface area contributed by atoms with Crippen molar-refractivity contribution in [2.45, 2.75) is 25.6 Å². The van der Waals surface area contributed by atoms with Crippen LogP contribution in [0.1, 0.15) is 24.9 Å². The lowest BCUT2D eigenvalue weighted by molar-refractivity contribution is -0.193. The summed E-state index contributed by atoms with van der Waals surface area (Å²) in [5.41, 5.74) is 3.23. The Morgan fingerprint density at radius 3 is 2.35 bits per heavy atom. The lowest BCUT2D eigenvalue weighted by Gasteiger charge is -2.17. The zero-order valence-corrected chi connectivity index (χ0v) is 9.98. The maximum absolute atomic E-state index is 11.9. The molecule has 0 radical (unpaired) electrons. The molecule has 0 aromatic heterocycles. The van der Waals surface area contributed by atoms with Crippen LogP contribution in [0.4, 0.5) is 13.2 Å². The molecular formula is C11H13ClF3NO. The van der Waals surface area contributed by atoms with E-state index in [1.165, 1.54) is 0 Å². The van der Waals surface area contributed by atoms with Gasteiger partial charge in [-0.15, -0.1) is 0 Å². The van der Waals surface area contributed by atoms with Gasteiger partial charge in [-0.05, 0) is 24.1 Å². The van der Waals surface area contributed by atoms with Gasteiger partial charge in [-0.3, -0.25) is 4.84 Å². The molecule has 17 heavy (non-hydrogen) atoms. The lowest BCUT2D eigenvalue weighted by atomic mass is 10.1. The van der Waals surface area contributed by atoms with Gasteiger partial charge in [0.2, 0.25) is 0 Å². The topological polar surface area (TPSA) is 21.3 Å². The van der Waals surface area contributed by atoms with E-state index in [0.29, 0.717) is 11.4 Å². The van der Waals surface area contributed by atoms with E-state index in [1.54, 1.807) is 24.3 Å². The first-order valence-corrected chi connectivity index (χ1v) is 5.49. The van der Waals surface area contributed by atoms with Crippen LogP contribution < -0.4 is 5.48 Å². The van der Waals surface area contributed by atoms with E-state index in [0.717, 1.165) is 5.56 Å². The van der Waals surface area contributed by atoms with Crippen LogP contribution in [0.15, 0.2) is 24.3 Å². The minimum atomic E-state index is -4.33. The monoisotopic (exact) mass is 267 g/mol. The number of hydrogen-bond acceptors (Lipinski definition) is 2. The summed E-state index contributed by atoms with van der Waals surface area (Å²) in [6.07, 6.45) is -3.72. The summed E-state index contributed by atoms with van der Waals surface area (Å²) in [5, 5.41) is 0.583. The van der Waals surface area contributed by atoms with Crippen molar-refractivity contribution in [3.63, 3.8) is 0 Å². The SMILES string of the molecule is CCC(NOCC(F)(F)F)c1ccc(Cl)cc1. The van der Waals surface area contributed by atoms with Gasteiger partial charge in [0.25, 0.3) is 0 Å². The molecule has 1 unspecified atom stereocenters. The second-order valence-electron chi connectivity index (χ2n) is 3.53. The average molecular weight is 268 g/mol. The molecule has 1 N–H and O–H groups in total. The largest absolute Gasteiger partial charge is 0.413 e. The molecule has 1 aromatic rings. The third kappa shape index (κ3) is 5.39. The molecule has 0 amide bonds. The highest BCUT2D eigenvalue weighted by Crippen LogP contribution is 2.20. The summed E-state index contributed by atoms with van der Waals surface area (Å²) in [6, 6.07) is 6.59. The predicted molar refractivity (Wildman–Crippen MR) is 59.6 cm³/mol. The zero-order chi connectivity index (χ0) is 12.9. The fraction of sp³-hybridized carbons (Fsp3) is 0.455. The molecule has 0 spiro atoms. The summed E-state index contributed by atoms with van der Waals surface area (Å²) >= 11 is 5.72. The Labute approximate surface area is 103 Å². The molecule has 0 aliphatic rings. The molecule has 0 saturated heterocycles. The summed E-state index contributed by atoms with van der Waals surface area (Å²) in [6.45, 7) is 0.542. The number of hydrogen-bond donors (Lipinski definition) is 1. The van der Waals surface area contributed by atoms with Gasteiger partial charge >= 0.3 is 6.18 Å². The first kappa shape index (κ1) is 14.3. The molecule has 0 heterocycles. The minimum Gasteiger partial charge on any atom is -0.292 e. The van der Waals surface area contributed by atoms with E-state index in [4.69, 9.17) is 11.6 Å². The second kappa shape index (κ2) is 6.23. The Morgan fingerprint density at radius 2 is 1.88 bits per heavy atom. The Morgan fingerprint density at radius 1 is 1.29 bits per heavy atom. The Hall–Kier alpha value is -0.780. The quantitative estimate of drug-likeness (QED) is 0.818. The normalized spacial score (nSPS) is 13.7. The Bertz CT molecular complexity index is 340. The standard InChI is InChI=1S/C11H13ClF3NO/c1-2-10(16-17-7-11(13,14)15)8-3-5-9(12)6-4-8/h3-6,10,16H,2,7H2,1H3. The van der Waals surface area contributed by atoms with Crippen molar-refractivity contribution in [2.24, 2.45) is 0 Å². The van der Waals surface area contributed by atoms with E-state index >= 15 is 0 Å². The zero-order valence-electron chi connectivity index (χ0n) is 9.22. The molecule has 0 bridgehead atoms. The average Bonchev–Trinajstić information content (AvgIpc) is 2.24. The van der Waals surface area contributed by atoms with Crippen LogP contribution in [0.2, 0.25) is 5.02 Å². The third-order valence-corrected chi connectivity index (χ3v) is 2.39. The second-order valence-corrected chi connectivity index (χ2v) is 3.97. The van der Waals surface area contributed by atoms with Crippen molar-refractivity contribution in [1.82, 2.24) is 5.48 Å². The highest BCUT2D eigenvalue weighted by molar-refractivity contribution is 6.30. The van der Waals surface area contributed by atoms with Gasteiger partial charge in [0.1, 0.15) is 0 Å². The van der Waals surface area contributed by atoms with Gasteiger partial charge in [0.15, 0.2) is 6.61 Å². The molecule has 1 atom stereocenters. The maximum atomic E-state index is 11.9. The maximum Gasteiger partial charge on any atom is 0.413 e. The van der Waals surface area contributed by atoms with E-state index in [2.05, 4.69) is 10.3 Å². The van der Waals surface area contributed by atoms with Crippen molar-refractivity contribution in [1.29, 1.82) is 0 Å². The fourth-order valence-corrected chi connectivity index (χ4v) is 1.43. The number of halogens is 4. The lowest BCUT2D eigenvalue weighted by Crippen LogP contribution is -2.27. The van der Waals surface area contributed by atoms with E-state index in [1.807, 2.05) is 6.92 Å². The van der Waals surface area contributed by atoms with Crippen LogP contribution >= 0.6 is 11.6 Å². The summed E-state index contributed by atoms with van der Waals surface area (Å²) < 4.78 is 35.6. The van der Waals surface area contributed by atoms with Gasteiger partial charge in [0, 0.05) is 5.02 Å². The minimum absolute atomic E-state index is 0.283. The number of nitrogens with one attached hydrogen (secondary N) is 1.